The van der Waals surface area contributed by atoms with E-state index in [0.717, 1.165) is 0 Å². The number of carbonyl (C=O) groups excluding carboxylic acids is 1. The summed E-state index contributed by atoms with van der Waals surface area (Å²) in [6.07, 6.45) is -0.0608. The Labute approximate surface area is 221 Å². The van der Waals surface area contributed by atoms with Crippen molar-refractivity contribution in [3.63, 3.8) is 0 Å². The quantitative estimate of drug-likeness (QED) is 0.177. The van der Waals surface area contributed by atoms with Crippen LogP contribution in [0.1, 0.15) is 29.4 Å². The summed E-state index contributed by atoms with van der Waals surface area (Å²) in [6, 6.07) is 10.2. The fourth-order valence-corrected chi connectivity index (χ4v) is 5.16. The van der Waals surface area contributed by atoms with Crippen molar-refractivity contribution in [3.05, 3.63) is 48.5 Å². The van der Waals surface area contributed by atoms with Gasteiger partial charge in [-0.3, -0.25) is 18.4 Å². The molecule has 0 radical (unpaired) electrons. The van der Waals surface area contributed by atoms with Gasteiger partial charge in [0.25, 0.3) is 5.91 Å². The molecular formula is C21H23N6O10P2+. The first-order valence-corrected chi connectivity index (χ1v) is 13.9. The number of aromatic nitrogens is 4. The largest absolute Gasteiger partial charge is 0.695 e. The molecule has 3 aromatic rings. The number of nitrogens with one attached hydrogen (secondary N) is 1. The molecule has 0 aliphatic carbocycles. The maximum absolute atomic E-state index is 12.6. The van der Waals surface area contributed by atoms with Gasteiger partial charge >= 0.3 is 16.1 Å². The van der Waals surface area contributed by atoms with Gasteiger partial charge in [0.2, 0.25) is 0 Å². The summed E-state index contributed by atoms with van der Waals surface area (Å²) in [6.45, 7) is -1.99. The third-order valence-corrected chi connectivity index (χ3v) is 7.13. The average Bonchev–Trinajstić information content (AvgIpc) is 3.50. The van der Waals surface area contributed by atoms with E-state index in [2.05, 4.69) is 24.8 Å². The lowest BCUT2D eigenvalue weighted by Crippen LogP contribution is -2.47. The van der Waals surface area contributed by atoms with Gasteiger partial charge in [0, 0.05) is 16.5 Å². The fourth-order valence-electron chi connectivity index (χ4n) is 3.88. The molecule has 0 saturated carbocycles. The summed E-state index contributed by atoms with van der Waals surface area (Å²) in [5, 5.41) is 21.4. The highest BCUT2D eigenvalue weighted by Gasteiger charge is 2.55. The van der Waals surface area contributed by atoms with Gasteiger partial charge in [0.05, 0.1) is 38.6 Å². The highest BCUT2D eigenvalue weighted by Crippen LogP contribution is 2.48. The molecule has 0 bridgehead atoms. The van der Waals surface area contributed by atoms with Gasteiger partial charge in [0.1, 0.15) is 18.2 Å². The Morgan fingerprint density at radius 2 is 2.08 bits per heavy atom. The Balaban J connectivity index is 1.58. The lowest BCUT2D eigenvalue weighted by Gasteiger charge is -2.29. The number of nitrogens with zero attached hydrogens (tertiary/aromatic N) is 5. The van der Waals surface area contributed by atoms with E-state index in [1.165, 1.54) is 17.2 Å². The van der Waals surface area contributed by atoms with Gasteiger partial charge in [-0.05, 0) is 12.1 Å². The van der Waals surface area contributed by atoms with Crippen molar-refractivity contribution >= 4 is 39.0 Å². The molecule has 4 unspecified atom stereocenters. The second kappa shape index (κ2) is 12.3. The van der Waals surface area contributed by atoms with Crippen LogP contribution in [0.4, 0.5) is 5.82 Å². The van der Waals surface area contributed by atoms with Gasteiger partial charge in [-0.15, -0.1) is 9.42 Å². The molecule has 1 aromatic carbocycles. The molecule has 1 fully saturated rings. The van der Waals surface area contributed by atoms with Crippen LogP contribution in [-0.4, -0.2) is 71.8 Å². The topological polar surface area (TPSA) is 228 Å². The van der Waals surface area contributed by atoms with Crippen molar-refractivity contribution in [3.8, 4) is 6.07 Å². The monoisotopic (exact) mass is 581 g/mol. The van der Waals surface area contributed by atoms with Crippen LogP contribution in [-0.2, 0) is 27.4 Å². The molecule has 206 valence electrons. The van der Waals surface area contributed by atoms with E-state index in [1.807, 2.05) is 0 Å². The summed E-state index contributed by atoms with van der Waals surface area (Å²) in [4.78, 5) is 44.5. The summed E-state index contributed by atoms with van der Waals surface area (Å²) in [7, 11) is -7.84. The summed E-state index contributed by atoms with van der Waals surface area (Å²) in [5.74, 6) is -0.311. The van der Waals surface area contributed by atoms with E-state index in [-0.39, 0.29) is 36.4 Å². The second-order valence-electron chi connectivity index (χ2n) is 8.21. The molecule has 1 aliphatic rings. The molecule has 39 heavy (non-hydrogen) atoms. The van der Waals surface area contributed by atoms with Gasteiger partial charge in [-0.1, -0.05) is 18.2 Å². The van der Waals surface area contributed by atoms with E-state index in [4.69, 9.17) is 19.0 Å². The first-order chi connectivity index (χ1) is 18.7. The van der Waals surface area contributed by atoms with Crippen molar-refractivity contribution in [1.29, 1.82) is 5.26 Å². The first-order valence-electron chi connectivity index (χ1n) is 11.3. The van der Waals surface area contributed by atoms with Crippen molar-refractivity contribution in [2.24, 2.45) is 0 Å². The number of phosphoric acid groups is 1. The summed E-state index contributed by atoms with van der Waals surface area (Å²) >= 11 is 0. The van der Waals surface area contributed by atoms with E-state index in [0.29, 0.717) is 5.56 Å². The molecule has 1 aliphatic heterocycles. The molecule has 0 spiro atoms. The fraction of sp³-hybridized carbons (Fsp3) is 0.381. The van der Waals surface area contributed by atoms with E-state index in [1.54, 1.807) is 36.4 Å². The number of rotatable bonds is 12. The third kappa shape index (κ3) is 6.68. The highest BCUT2D eigenvalue weighted by molar-refractivity contribution is 7.47. The number of hydrogen-bond acceptors (Lipinski definition) is 12. The molecule has 1 amide bonds. The predicted octanol–water partition coefficient (Wildman–Crippen LogP) is 1.81. The zero-order valence-corrected chi connectivity index (χ0v) is 21.9. The van der Waals surface area contributed by atoms with Gasteiger partial charge < -0.3 is 20.1 Å². The number of carbonyl (C=O) groups is 1. The SMILES string of the molecule is N#CCCOP(=O)(O)OC[C@@]1(CO)OC(n2cnc3c(NC(=O)c4ccccc4)ncnc32)CC1O[P+](=O)O. The van der Waals surface area contributed by atoms with Gasteiger partial charge in [-0.2, -0.15) is 5.26 Å². The maximum Gasteiger partial charge on any atom is 0.695 e. The maximum atomic E-state index is 12.6. The zero-order valence-electron chi connectivity index (χ0n) is 20.1. The Hall–Kier alpha value is -3.22. The van der Waals surface area contributed by atoms with Crippen LogP contribution >= 0.6 is 16.1 Å². The van der Waals surface area contributed by atoms with Gasteiger partial charge in [-0.25, -0.2) is 19.5 Å². The number of nitriles is 1. The normalized spacial score (nSPS) is 22.8. The van der Waals surface area contributed by atoms with Gasteiger partial charge in [0.15, 0.2) is 23.1 Å². The molecule has 3 heterocycles. The van der Waals surface area contributed by atoms with Crippen molar-refractivity contribution in [2.45, 2.75) is 30.8 Å². The number of phosphoric ester groups is 1. The number of imidazole rings is 1. The Morgan fingerprint density at radius 1 is 1.31 bits per heavy atom. The van der Waals surface area contributed by atoms with Crippen molar-refractivity contribution in [2.75, 3.05) is 25.1 Å². The van der Waals surface area contributed by atoms with Crippen LogP contribution in [0, 0.1) is 11.3 Å². The molecule has 18 heteroatoms. The minimum atomic E-state index is -4.67. The number of hydrogen-bond donors (Lipinski definition) is 4. The number of ether oxygens (including phenoxy) is 1. The smallest absolute Gasteiger partial charge is 0.393 e. The molecule has 4 rings (SSSR count). The third-order valence-electron chi connectivity index (χ3n) is 5.74. The molecule has 2 aromatic heterocycles. The molecular weight excluding hydrogens is 558 g/mol. The van der Waals surface area contributed by atoms with Crippen molar-refractivity contribution < 1.29 is 47.1 Å². The van der Waals surface area contributed by atoms with E-state index in [9.17, 15) is 28.8 Å². The minimum absolute atomic E-state index is 0.115. The first kappa shape index (κ1) is 28.8. The second-order valence-corrected chi connectivity index (χ2v) is 10.4. The van der Waals surface area contributed by atoms with Crippen LogP contribution < -0.4 is 5.32 Å². The zero-order chi connectivity index (χ0) is 28.0. The Bertz CT molecular complexity index is 1430. The van der Waals surface area contributed by atoms with Crippen LogP contribution in [0.3, 0.4) is 0 Å². The average molecular weight is 581 g/mol. The summed E-state index contributed by atoms with van der Waals surface area (Å²) < 4.78 is 45.8. The highest BCUT2D eigenvalue weighted by atomic mass is 31.2. The Morgan fingerprint density at radius 3 is 2.77 bits per heavy atom. The summed E-state index contributed by atoms with van der Waals surface area (Å²) in [5.41, 5.74) is -1.05. The van der Waals surface area contributed by atoms with E-state index >= 15 is 0 Å². The number of aliphatic hydroxyl groups is 1. The van der Waals surface area contributed by atoms with Crippen LogP contribution in [0.2, 0.25) is 0 Å². The predicted molar refractivity (Wildman–Crippen MR) is 131 cm³/mol. The molecule has 1 saturated heterocycles. The van der Waals surface area contributed by atoms with Crippen LogP contribution in [0.5, 0.6) is 0 Å². The lowest BCUT2D eigenvalue weighted by atomic mass is 9.99. The van der Waals surface area contributed by atoms with E-state index < -0.39 is 53.1 Å². The molecule has 16 nitrogen and oxygen atoms in total. The van der Waals surface area contributed by atoms with Crippen molar-refractivity contribution in [1.82, 2.24) is 19.5 Å². The molecule has 5 atom stereocenters. The number of aliphatic hydroxyl groups excluding tert-OH is 1. The van der Waals surface area contributed by atoms with Crippen LogP contribution in [0.15, 0.2) is 43.0 Å². The number of benzene rings is 1. The molecule has 4 N–H and O–H groups in total. The number of amides is 1. The standard InChI is InChI=1S/C21H22N6O10P2/c22-7-4-8-34-39(32,33)35-11-21(10-28)15(37-38(30)31)9-16(36-21)27-13-25-17-18(23-12-24-19(17)27)26-20(29)14-5-2-1-3-6-14/h1-3,5-6,12-13,15-16,28H,4,8-11H2,(H2-,23,24,26,29,30,31,32,33)/p+1/t15?,16?,21-/m1/s1. The Kier molecular flexibility index (Phi) is 9.08. The van der Waals surface area contributed by atoms with Crippen LogP contribution in [0.25, 0.3) is 11.2 Å². The number of anilines is 1. The number of fused-ring (bicyclic) bond motifs is 1. The lowest BCUT2D eigenvalue weighted by molar-refractivity contribution is -0.143. The minimum Gasteiger partial charge on any atom is -0.393 e.